The SMILES string of the molecule is O=C(CC1CCC2(CC1)OCCO2)N1CCc2ccc(Cl)c(Cl)c2C1. The van der Waals surface area contributed by atoms with Gasteiger partial charge < -0.3 is 14.4 Å². The fourth-order valence-electron chi connectivity index (χ4n) is 4.26. The van der Waals surface area contributed by atoms with E-state index >= 15 is 0 Å². The van der Waals surface area contributed by atoms with Crippen LogP contribution in [0.4, 0.5) is 0 Å². The predicted molar refractivity (Wildman–Crippen MR) is 96.8 cm³/mol. The molecule has 4 rings (SSSR count). The zero-order valence-corrected chi connectivity index (χ0v) is 15.7. The van der Waals surface area contributed by atoms with Crippen LogP contribution >= 0.6 is 23.2 Å². The summed E-state index contributed by atoms with van der Waals surface area (Å²) in [5.41, 5.74) is 2.21. The van der Waals surface area contributed by atoms with Crippen molar-refractivity contribution >= 4 is 29.1 Å². The van der Waals surface area contributed by atoms with Crippen molar-refractivity contribution in [3.63, 3.8) is 0 Å². The van der Waals surface area contributed by atoms with Gasteiger partial charge >= 0.3 is 0 Å². The Morgan fingerprint density at radius 3 is 2.64 bits per heavy atom. The minimum absolute atomic E-state index is 0.218. The molecule has 2 heterocycles. The lowest BCUT2D eigenvalue weighted by Gasteiger charge is -2.36. The molecule has 0 radical (unpaired) electrons. The fraction of sp³-hybridized carbons (Fsp3) is 0.632. The average Bonchev–Trinajstić information content (AvgIpc) is 3.08. The Bertz CT molecular complexity index is 663. The minimum atomic E-state index is -0.353. The van der Waals surface area contributed by atoms with E-state index in [9.17, 15) is 4.79 Å². The van der Waals surface area contributed by atoms with E-state index in [1.165, 1.54) is 5.56 Å². The first kappa shape index (κ1) is 17.6. The van der Waals surface area contributed by atoms with Crippen LogP contribution in [0.15, 0.2) is 12.1 Å². The Morgan fingerprint density at radius 2 is 1.92 bits per heavy atom. The van der Waals surface area contributed by atoms with Gasteiger partial charge in [0, 0.05) is 32.4 Å². The number of hydrogen-bond donors (Lipinski definition) is 0. The standard InChI is InChI=1S/C19H23Cl2NO3/c20-16-2-1-14-5-8-22(12-15(14)18(16)21)17(23)11-13-3-6-19(7-4-13)24-9-10-25-19/h1-2,13H,3-12H2. The van der Waals surface area contributed by atoms with Gasteiger partial charge in [-0.2, -0.15) is 0 Å². The van der Waals surface area contributed by atoms with E-state index in [2.05, 4.69) is 0 Å². The van der Waals surface area contributed by atoms with E-state index in [1.807, 2.05) is 17.0 Å². The third kappa shape index (κ3) is 3.55. The fourth-order valence-corrected chi connectivity index (χ4v) is 4.68. The van der Waals surface area contributed by atoms with Gasteiger partial charge in [0.2, 0.25) is 5.91 Å². The molecule has 0 atom stereocenters. The lowest BCUT2D eigenvalue weighted by atomic mass is 9.83. The van der Waals surface area contributed by atoms with Crippen molar-refractivity contribution in [2.75, 3.05) is 19.8 Å². The second kappa shape index (κ2) is 7.07. The Morgan fingerprint density at radius 1 is 1.20 bits per heavy atom. The summed E-state index contributed by atoms with van der Waals surface area (Å²) in [6.45, 7) is 2.71. The zero-order chi connectivity index (χ0) is 17.4. The summed E-state index contributed by atoms with van der Waals surface area (Å²) in [5, 5.41) is 1.15. The number of halogens is 2. The van der Waals surface area contributed by atoms with Gasteiger partial charge in [-0.25, -0.2) is 0 Å². The molecule has 3 aliphatic rings. The highest BCUT2D eigenvalue weighted by atomic mass is 35.5. The highest BCUT2D eigenvalue weighted by molar-refractivity contribution is 6.42. The Kier molecular flexibility index (Phi) is 4.98. The van der Waals surface area contributed by atoms with Gasteiger partial charge in [-0.05, 0) is 42.4 Å². The number of hydrogen-bond acceptors (Lipinski definition) is 3. The molecule has 1 aliphatic carbocycles. The van der Waals surface area contributed by atoms with Gasteiger partial charge in [0.15, 0.2) is 5.79 Å². The van der Waals surface area contributed by atoms with Crippen molar-refractivity contribution in [3.05, 3.63) is 33.3 Å². The van der Waals surface area contributed by atoms with Gasteiger partial charge in [-0.15, -0.1) is 0 Å². The highest BCUT2D eigenvalue weighted by Gasteiger charge is 2.40. The monoisotopic (exact) mass is 383 g/mol. The van der Waals surface area contributed by atoms with Crippen molar-refractivity contribution in [2.24, 2.45) is 5.92 Å². The summed E-state index contributed by atoms with van der Waals surface area (Å²) in [4.78, 5) is 14.7. The summed E-state index contributed by atoms with van der Waals surface area (Å²) in [7, 11) is 0. The summed E-state index contributed by atoms with van der Waals surface area (Å²) in [6, 6.07) is 3.86. The smallest absolute Gasteiger partial charge is 0.223 e. The lowest BCUT2D eigenvalue weighted by molar-refractivity contribution is -0.183. The Labute approximate surface area is 158 Å². The van der Waals surface area contributed by atoms with Crippen LogP contribution in [-0.2, 0) is 27.2 Å². The van der Waals surface area contributed by atoms with E-state index in [0.29, 0.717) is 42.1 Å². The topological polar surface area (TPSA) is 38.8 Å². The summed E-state index contributed by atoms with van der Waals surface area (Å²) in [5.74, 6) is 0.284. The summed E-state index contributed by atoms with van der Waals surface area (Å²) in [6.07, 6.45) is 5.22. The summed E-state index contributed by atoms with van der Waals surface area (Å²) < 4.78 is 11.5. The van der Waals surface area contributed by atoms with Gasteiger partial charge in [0.25, 0.3) is 0 Å². The van der Waals surface area contributed by atoms with E-state index in [-0.39, 0.29) is 11.7 Å². The number of nitrogens with zero attached hydrogens (tertiary/aromatic N) is 1. The Balaban J connectivity index is 1.35. The predicted octanol–water partition coefficient (Wildman–Crippen LogP) is 4.20. The molecule has 4 nitrogen and oxygen atoms in total. The molecule has 1 saturated carbocycles. The van der Waals surface area contributed by atoms with Crippen LogP contribution in [0.25, 0.3) is 0 Å². The quantitative estimate of drug-likeness (QED) is 0.767. The average molecular weight is 384 g/mol. The molecular formula is C19H23Cl2NO3. The number of rotatable bonds is 2. The third-order valence-electron chi connectivity index (χ3n) is 5.79. The Hall–Kier alpha value is -0.810. The summed E-state index contributed by atoms with van der Waals surface area (Å²) >= 11 is 12.5. The number of amides is 1. The first-order valence-corrected chi connectivity index (χ1v) is 9.83. The van der Waals surface area contributed by atoms with Crippen LogP contribution in [-0.4, -0.2) is 36.4 Å². The van der Waals surface area contributed by atoms with E-state index in [0.717, 1.165) is 44.2 Å². The van der Waals surface area contributed by atoms with Crippen LogP contribution in [0.5, 0.6) is 0 Å². The molecule has 0 unspecified atom stereocenters. The molecule has 0 aromatic heterocycles. The molecule has 136 valence electrons. The zero-order valence-electron chi connectivity index (χ0n) is 14.2. The van der Waals surface area contributed by atoms with Gasteiger partial charge in [0.1, 0.15) is 0 Å². The van der Waals surface area contributed by atoms with Gasteiger partial charge in [0.05, 0.1) is 23.3 Å². The molecule has 1 spiro atoms. The van der Waals surface area contributed by atoms with Crippen LogP contribution in [0, 0.1) is 5.92 Å². The molecule has 0 N–H and O–H groups in total. The molecule has 6 heteroatoms. The molecule has 2 aliphatic heterocycles. The van der Waals surface area contributed by atoms with Crippen molar-refractivity contribution in [2.45, 2.75) is 50.9 Å². The maximum Gasteiger partial charge on any atom is 0.223 e. The molecule has 1 aromatic carbocycles. The van der Waals surface area contributed by atoms with Crippen LogP contribution in [0.2, 0.25) is 10.0 Å². The van der Waals surface area contributed by atoms with E-state index < -0.39 is 0 Å². The second-order valence-corrected chi connectivity index (χ2v) is 8.10. The highest BCUT2D eigenvalue weighted by Crippen LogP contribution is 2.40. The van der Waals surface area contributed by atoms with Crippen LogP contribution in [0.3, 0.4) is 0 Å². The van der Waals surface area contributed by atoms with E-state index in [1.54, 1.807) is 0 Å². The van der Waals surface area contributed by atoms with Gasteiger partial charge in [-0.3, -0.25) is 4.79 Å². The maximum absolute atomic E-state index is 12.8. The number of fused-ring (bicyclic) bond motifs is 1. The molecular weight excluding hydrogens is 361 g/mol. The van der Waals surface area contributed by atoms with Crippen molar-refractivity contribution in [1.29, 1.82) is 0 Å². The first-order chi connectivity index (χ1) is 12.1. The van der Waals surface area contributed by atoms with E-state index in [4.69, 9.17) is 32.7 Å². The van der Waals surface area contributed by atoms with Crippen LogP contribution in [0.1, 0.15) is 43.2 Å². The largest absolute Gasteiger partial charge is 0.348 e. The minimum Gasteiger partial charge on any atom is -0.348 e. The van der Waals surface area contributed by atoms with Crippen LogP contribution < -0.4 is 0 Å². The molecule has 1 amide bonds. The number of benzene rings is 1. The molecule has 1 saturated heterocycles. The number of carbonyl (C=O) groups is 1. The van der Waals surface area contributed by atoms with Crippen molar-refractivity contribution < 1.29 is 14.3 Å². The maximum atomic E-state index is 12.8. The molecule has 2 fully saturated rings. The second-order valence-electron chi connectivity index (χ2n) is 7.32. The van der Waals surface area contributed by atoms with Crippen molar-refractivity contribution in [3.8, 4) is 0 Å². The molecule has 25 heavy (non-hydrogen) atoms. The molecule has 0 bridgehead atoms. The lowest BCUT2D eigenvalue weighted by Crippen LogP contribution is -2.39. The third-order valence-corrected chi connectivity index (χ3v) is 6.63. The first-order valence-electron chi connectivity index (χ1n) is 9.08. The number of ether oxygens (including phenoxy) is 2. The normalized spacial score (nSPS) is 23.0. The molecule has 1 aromatic rings. The van der Waals surface area contributed by atoms with Gasteiger partial charge in [-0.1, -0.05) is 29.3 Å². The number of carbonyl (C=O) groups excluding carboxylic acids is 1. The van der Waals surface area contributed by atoms with Crippen molar-refractivity contribution in [1.82, 2.24) is 4.90 Å².